The van der Waals surface area contributed by atoms with Gasteiger partial charge in [0.05, 0.1) is 11.0 Å². The standard InChI is InChI=1S/C43H34N2/c1-3-12-35-38-19-11-18-37-32-15-7-8-17-36(32)42(35)27(2)31-23-21-28(25-39(31)43(37)38)44-29-22-24-34-33-16-9-10-20-40(33)45(41(34)26-29)30-13-5-4-6-14-30/h4-10,13-17,19-26,44H,2-3,11-12,18H2,1H3. The molecular formula is C43H34N2. The molecule has 45 heavy (non-hydrogen) atoms. The molecular weight excluding hydrogens is 544 g/mol. The Balaban J connectivity index is 1.20. The predicted molar refractivity (Wildman–Crippen MR) is 192 cm³/mol. The van der Waals surface area contributed by atoms with E-state index in [1.807, 2.05) is 0 Å². The van der Waals surface area contributed by atoms with E-state index in [4.69, 9.17) is 6.58 Å². The third-order valence-electron chi connectivity index (χ3n) is 9.85. The molecule has 1 heterocycles. The zero-order valence-electron chi connectivity index (χ0n) is 25.5. The minimum absolute atomic E-state index is 1.06. The molecule has 0 spiro atoms. The van der Waals surface area contributed by atoms with Gasteiger partial charge in [0.15, 0.2) is 0 Å². The third kappa shape index (κ3) is 3.88. The van der Waals surface area contributed by atoms with Crippen molar-refractivity contribution >= 4 is 55.5 Å². The molecule has 0 saturated carbocycles. The molecule has 0 unspecified atom stereocenters. The predicted octanol–water partition coefficient (Wildman–Crippen LogP) is 11.8. The first-order valence-corrected chi connectivity index (χ1v) is 16.2. The maximum Gasteiger partial charge on any atom is 0.0561 e. The second-order valence-corrected chi connectivity index (χ2v) is 12.4. The van der Waals surface area contributed by atoms with E-state index in [0.29, 0.717) is 0 Å². The molecule has 2 nitrogen and oxygen atoms in total. The number of anilines is 2. The summed E-state index contributed by atoms with van der Waals surface area (Å²) in [6, 6.07) is 42.0. The number of para-hydroxylation sites is 2. The minimum atomic E-state index is 1.06. The van der Waals surface area contributed by atoms with Crippen molar-refractivity contribution in [2.45, 2.75) is 32.6 Å². The maximum atomic E-state index is 4.76. The van der Waals surface area contributed by atoms with E-state index in [-0.39, 0.29) is 0 Å². The minimum Gasteiger partial charge on any atom is -0.355 e. The first kappa shape index (κ1) is 26.1. The normalized spacial score (nSPS) is 15.2. The molecule has 0 amide bonds. The fraction of sp³-hybridized carbons (Fsp3) is 0.116. The van der Waals surface area contributed by atoms with Crippen molar-refractivity contribution in [3.8, 4) is 5.69 Å². The SMILES string of the molecule is C=C1C2=C(CCC)C3=CCCC(=C3c3cc(Nc4ccc5c6ccccc6n(-c6ccccc6)c5c4)ccc31)c1ccccc12. The highest BCUT2D eigenvalue weighted by atomic mass is 15.0. The van der Waals surface area contributed by atoms with Crippen LogP contribution in [0.4, 0.5) is 11.4 Å². The Kier molecular flexibility index (Phi) is 5.86. The van der Waals surface area contributed by atoms with Crippen molar-refractivity contribution in [3.63, 3.8) is 0 Å². The lowest BCUT2D eigenvalue weighted by Crippen LogP contribution is -2.05. The van der Waals surface area contributed by atoms with Crippen LogP contribution >= 0.6 is 0 Å². The van der Waals surface area contributed by atoms with E-state index >= 15 is 0 Å². The van der Waals surface area contributed by atoms with Gasteiger partial charge in [-0.1, -0.05) is 98.8 Å². The highest BCUT2D eigenvalue weighted by Crippen LogP contribution is 2.56. The number of allylic oxidation sites excluding steroid dienone is 7. The molecule has 0 fully saturated rings. The van der Waals surface area contributed by atoms with E-state index in [0.717, 1.165) is 42.6 Å². The molecule has 3 aliphatic rings. The van der Waals surface area contributed by atoms with Gasteiger partial charge in [-0.25, -0.2) is 0 Å². The molecule has 3 aliphatic carbocycles. The maximum absolute atomic E-state index is 4.76. The van der Waals surface area contributed by atoms with Crippen molar-refractivity contribution in [1.29, 1.82) is 0 Å². The number of fused-ring (bicyclic) bond motifs is 7. The number of hydrogen-bond acceptors (Lipinski definition) is 1. The van der Waals surface area contributed by atoms with E-state index < -0.39 is 0 Å². The topological polar surface area (TPSA) is 17.0 Å². The van der Waals surface area contributed by atoms with Gasteiger partial charge < -0.3 is 9.88 Å². The van der Waals surface area contributed by atoms with Crippen LogP contribution in [0.5, 0.6) is 0 Å². The first-order chi connectivity index (χ1) is 22.2. The van der Waals surface area contributed by atoms with Crippen LogP contribution in [0.2, 0.25) is 0 Å². The first-order valence-electron chi connectivity index (χ1n) is 16.2. The van der Waals surface area contributed by atoms with Crippen LogP contribution in [0.1, 0.15) is 54.9 Å². The molecule has 0 radical (unpaired) electrons. The number of hydrogen-bond donors (Lipinski definition) is 1. The van der Waals surface area contributed by atoms with Gasteiger partial charge in [0.25, 0.3) is 0 Å². The zero-order valence-corrected chi connectivity index (χ0v) is 25.5. The quantitative estimate of drug-likeness (QED) is 0.215. The van der Waals surface area contributed by atoms with Gasteiger partial charge in [-0.3, -0.25) is 0 Å². The molecule has 0 aliphatic heterocycles. The fourth-order valence-corrected chi connectivity index (χ4v) is 8.01. The van der Waals surface area contributed by atoms with Crippen molar-refractivity contribution in [2.24, 2.45) is 0 Å². The van der Waals surface area contributed by atoms with Crippen LogP contribution in [0, 0.1) is 0 Å². The van der Waals surface area contributed by atoms with Crippen LogP contribution in [-0.4, -0.2) is 4.57 Å². The van der Waals surface area contributed by atoms with Crippen LogP contribution in [-0.2, 0) is 0 Å². The summed E-state index contributed by atoms with van der Waals surface area (Å²) in [6.45, 7) is 7.05. The summed E-state index contributed by atoms with van der Waals surface area (Å²) in [6.07, 6.45) is 6.80. The van der Waals surface area contributed by atoms with Gasteiger partial charge in [-0.05, 0) is 117 Å². The molecule has 2 heteroatoms. The Morgan fingerprint density at radius 3 is 2.27 bits per heavy atom. The van der Waals surface area contributed by atoms with Crippen molar-refractivity contribution in [2.75, 3.05) is 5.32 Å². The second-order valence-electron chi connectivity index (χ2n) is 12.4. The Hall–Kier alpha value is -5.34. The van der Waals surface area contributed by atoms with E-state index in [2.05, 4.69) is 138 Å². The summed E-state index contributed by atoms with van der Waals surface area (Å²) in [4.78, 5) is 0. The molecule has 9 rings (SSSR count). The summed E-state index contributed by atoms with van der Waals surface area (Å²) in [5, 5.41) is 6.33. The molecule has 5 aromatic carbocycles. The van der Waals surface area contributed by atoms with Crippen molar-refractivity contribution in [3.05, 3.63) is 161 Å². The highest BCUT2D eigenvalue weighted by molar-refractivity contribution is 6.20. The average molecular weight is 579 g/mol. The van der Waals surface area contributed by atoms with Crippen LogP contribution in [0.3, 0.4) is 0 Å². The fourth-order valence-electron chi connectivity index (χ4n) is 8.01. The third-order valence-corrected chi connectivity index (χ3v) is 9.85. The summed E-state index contributed by atoms with van der Waals surface area (Å²) in [5.74, 6) is 0. The van der Waals surface area contributed by atoms with Crippen LogP contribution < -0.4 is 5.32 Å². The Morgan fingerprint density at radius 1 is 0.667 bits per heavy atom. The summed E-state index contributed by atoms with van der Waals surface area (Å²) < 4.78 is 2.37. The monoisotopic (exact) mass is 578 g/mol. The second kappa shape index (κ2) is 10.1. The van der Waals surface area contributed by atoms with Gasteiger partial charge in [0.2, 0.25) is 0 Å². The van der Waals surface area contributed by atoms with Gasteiger partial charge in [-0.15, -0.1) is 0 Å². The Labute approximate surface area is 264 Å². The Morgan fingerprint density at radius 2 is 1.40 bits per heavy atom. The molecule has 4 bridgehead atoms. The average Bonchev–Trinajstić information content (AvgIpc) is 3.33. The molecule has 0 saturated heterocycles. The summed E-state index contributed by atoms with van der Waals surface area (Å²) in [5.41, 5.74) is 19.3. The van der Waals surface area contributed by atoms with Gasteiger partial charge in [0, 0.05) is 27.8 Å². The number of nitrogens with one attached hydrogen (secondary N) is 1. The molecule has 216 valence electrons. The van der Waals surface area contributed by atoms with Gasteiger partial charge in [-0.2, -0.15) is 0 Å². The zero-order chi connectivity index (χ0) is 30.1. The van der Waals surface area contributed by atoms with Crippen molar-refractivity contribution in [1.82, 2.24) is 4.57 Å². The van der Waals surface area contributed by atoms with Gasteiger partial charge >= 0.3 is 0 Å². The summed E-state index contributed by atoms with van der Waals surface area (Å²) in [7, 11) is 0. The lowest BCUT2D eigenvalue weighted by atomic mass is 9.79. The molecule has 1 N–H and O–H groups in total. The number of benzene rings is 5. The van der Waals surface area contributed by atoms with Crippen LogP contribution in [0.25, 0.3) is 49.8 Å². The van der Waals surface area contributed by atoms with E-state index in [1.54, 1.807) is 0 Å². The molecule has 0 atom stereocenters. The van der Waals surface area contributed by atoms with E-state index in [1.165, 1.54) is 77.6 Å². The number of rotatable bonds is 5. The van der Waals surface area contributed by atoms with Crippen LogP contribution in [0.15, 0.2) is 139 Å². The lowest BCUT2D eigenvalue weighted by molar-refractivity contribution is 0.917. The molecule has 6 aromatic rings. The van der Waals surface area contributed by atoms with E-state index in [9.17, 15) is 0 Å². The highest BCUT2D eigenvalue weighted by Gasteiger charge is 2.34. The summed E-state index contributed by atoms with van der Waals surface area (Å²) >= 11 is 0. The number of aromatic nitrogens is 1. The smallest absolute Gasteiger partial charge is 0.0561 e. The lowest BCUT2D eigenvalue weighted by Gasteiger charge is -2.25. The Bertz CT molecular complexity index is 2310. The van der Waals surface area contributed by atoms with Gasteiger partial charge in [0.1, 0.15) is 0 Å². The number of nitrogens with zero attached hydrogens (tertiary/aromatic N) is 1. The molecule has 1 aromatic heterocycles. The van der Waals surface area contributed by atoms with Crippen molar-refractivity contribution < 1.29 is 0 Å². The largest absolute Gasteiger partial charge is 0.355 e.